The first-order valence-electron chi connectivity index (χ1n) is 6.60. The minimum atomic E-state index is -3.42. The molecule has 1 aromatic carbocycles. The van der Waals surface area contributed by atoms with Gasteiger partial charge in [0.15, 0.2) is 9.84 Å². The summed E-state index contributed by atoms with van der Waals surface area (Å²) in [5, 5.41) is 11.6. The molecule has 1 atom stereocenters. The second-order valence-corrected chi connectivity index (χ2v) is 6.88. The predicted molar refractivity (Wildman–Crippen MR) is 78.8 cm³/mol. The van der Waals surface area contributed by atoms with Gasteiger partial charge >= 0.3 is 5.97 Å². The molecule has 6 nitrogen and oxygen atoms in total. The fourth-order valence-corrected chi connectivity index (χ4v) is 3.15. The maximum absolute atomic E-state index is 11.6. The summed E-state index contributed by atoms with van der Waals surface area (Å²) in [6.45, 7) is 1.57. The van der Waals surface area contributed by atoms with Crippen LogP contribution in [0.25, 0.3) is 0 Å². The van der Waals surface area contributed by atoms with Gasteiger partial charge in [-0.2, -0.15) is 0 Å². The van der Waals surface area contributed by atoms with Crippen molar-refractivity contribution in [2.75, 3.05) is 18.1 Å². The number of carbonyl (C=O) groups excluding carboxylic acids is 1. The number of aliphatic carboxylic acids is 1. The summed E-state index contributed by atoms with van der Waals surface area (Å²) in [4.78, 5) is 22.8. The SMILES string of the molecule is CCCS(=O)(=O)CC(=O)NCC(C(=O)O)c1ccccc1. The van der Waals surface area contributed by atoms with E-state index >= 15 is 0 Å². The Hall–Kier alpha value is -1.89. The molecule has 1 aromatic rings. The lowest BCUT2D eigenvalue weighted by molar-refractivity contribution is -0.138. The van der Waals surface area contributed by atoms with Crippen LogP contribution in [0.1, 0.15) is 24.8 Å². The highest BCUT2D eigenvalue weighted by Gasteiger charge is 2.22. The molecule has 1 unspecified atom stereocenters. The van der Waals surface area contributed by atoms with E-state index in [0.29, 0.717) is 12.0 Å². The second-order valence-electron chi connectivity index (χ2n) is 4.70. The Bertz CT molecular complexity index is 583. The third-order valence-corrected chi connectivity index (χ3v) is 4.60. The number of nitrogens with one attached hydrogen (secondary N) is 1. The van der Waals surface area contributed by atoms with E-state index < -0.39 is 33.4 Å². The highest BCUT2D eigenvalue weighted by Crippen LogP contribution is 2.14. The quantitative estimate of drug-likeness (QED) is 0.739. The van der Waals surface area contributed by atoms with Crippen LogP contribution in [0.5, 0.6) is 0 Å². The van der Waals surface area contributed by atoms with Crippen LogP contribution in [0, 0.1) is 0 Å². The van der Waals surface area contributed by atoms with Crippen molar-refractivity contribution >= 4 is 21.7 Å². The Labute approximate surface area is 124 Å². The molecule has 0 aliphatic carbocycles. The highest BCUT2D eigenvalue weighted by atomic mass is 32.2. The van der Waals surface area contributed by atoms with Crippen LogP contribution in [0.4, 0.5) is 0 Å². The number of rotatable bonds is 8. The molecule has 0 saturated heterocycles. The second kappa shape index (κ2) is 7.78. The Morgan fingerprint density at radius 3 is 2.38 bits per heavy atom. The minimum absolute atomic E-state index is 0.0541. The lowest BCUT2D eigenvalue weighted by Gasteiger charge is -2.13. The van der Waals surface area contributed by atoms with Crippen molar-refractivity contribution in [3.8, 4) is 0 Å². The Balaban J connectivity index is 2.63. The zero-order chi connectivity index (χ0) is 15.9. The third kappa shape index (κ3) is 5.95. The molecule has 2 N–H and O–H groups in total. The Morgan fingerprint density at radius 1 is 1.24 bits per heavy atom. The number of carbonyl (C=O) groups is 2. The van der Waals surface area contributed by atoms with Crippen LogP contribution in [-0.4, -0.2) is 43.5 Å². The lowest BCUT2D eigenvalue weighted by Crippen LogP contribution is -2.36. The first-order valence-corrected chi connectivity index (χ1v) is 8.42. The van der Waals surface area contributed by atoms with Crippen LogP contribution in [0.2, 0.25) is 0 Å². The van der Waals surface area contributed by atoms with E-state index in [1.165, 1.54) is 0 Å². The number of benzene rings is 1. The Morgan fingerprint density at radius 2 is 1.86 bits per heavy atom. The van der Waals surface area contributed by atoms with Crippen LogP contribution >= 0.6 is 0 Å². The van der Waals surface area contributed by atoms with Gasteiger partial charge in [0, 0.05) is 6.54 Å². The van der Waals surface area contributed by atoms with Crippen molar-refractivity contribution < 1.29 is 23.1 Å². The van der Waals surface area contributed by atoms with Gasteiger partial charge in [0.1, 0.15) is 5.75 Å². The zero-order valence-corrected chi connectivity index (χ0v) is 12.6. The molecule has 0 spiro atoms. The molecule has 116 valence electrons. The molecular weight excluding hydrogens is 294 g/mol. The summed E-state index contributed by atoms with van der Waals surface area (Å²) in [5.41, 5.74) is 0.557. The van der Waals surface area contributed by atoms with Crippen molar-refractivity contribution in [3.05, 3.63) is 35.9 Å². The molecule has 0 radical (unpaired) electrons. The van der Waals surface area contributed by atoms with Crippen molar-refractivity contribution in [1.82, 2.24) is 5.32 Å². The van der Waals surface area contributed by atoms with E-state index in [2.05, 4.69) is 5.32 Å². The van der Waals surface area contributed by atoms with E-state index in [0.717, 1.165) is 0 Å². The largest absolute Gasteiger partial charge is 0.481 e. The molecule has 0 aliphatic rings. The molecule has 1 amide bonds. The number of hydrogen-bond donors (Lipinski definition) is 2. The molecule has 1 rings (SSSR count). The summed E-state index contributed by atoms with van der Waals surface area (Å²) in [5.74, 6) is -3.31. The topological polar surface area (TPSA) is 101 Å². The molecular formula is C14H19NO5S. The smallest absolute Gasteiger partial charge is 0.312 e. The molecule has 0 aromatic heterocycles. The number of carboxylic acid groups (broad SMARTS) is 1. The number of sulfone groups is 1. The van der Waals surface area contributed by atoms with E-state index in [1.54, 1.807) is 37.3 Å². The molecule has 0 heterocycles. The molecule has 0 fully saturated rings. The van der Waals surface area contributed by atoms with Gasteiger partial charge in [-0.05, 0) is 12.0 Å². The molecule has 21 heavy (non-hydrogen) atoms. The fraction of sp³-hybridized carbons (Fsp3) is 0.429. The third-order valence-electron chi connectivity index (χ3n) is 2.87. The first-order chi connectivity index (χ1) is 9.85. The fourth-order valence-electron chi connectivity index (χ4n) is 1.88. The van der Waals surface area contributed by atoms with Crippen molar-refractivity contribution in [2.45, 2.75) is 19.3 Å². The van der Waals surface area contributed by atoms with Gasteiger partial charge in [-0.25, -0.2) is 8.42 Å². The standard InChI is InChI=1S/C14H19NO5S/c1-2-8-21(19,20)10-13(16)15-9-12(14(17)18)11-6-4-3-5-7-11/h3-7,12H,2,8-10H2,1H3,(H,15,16)(H,17,18). The number of hydrogen-bond acceptors (Lipinski definition) is 4. The average molecular weight is 313 g/mol. The van der Waals surface area contributed by atoms with E-state index in [9.17, 15) is 23.1 Å². The van der Waals surface area contributed by atoms with Gasteiger partial charge in [0.05, 0.1) is 11.7 Å². The monoisotopic (exact) mass is 313 g/mol. The summed E-state index contributed by atoms with van der Waals surface area (Å²) >= 11 is 0. The van der Waals surface area contributed by atoms with Gasteiger partial charge in [0.2, 0.25) is 5.91 Å². The zero-order valence-electron chi connectivity index (χ0n) is 11.8. The summed E-state index contributed by atoms with van der Waals surface area (Å²) in [7, 11) is -3.42. The van der Waals surface area contributed by atoms with Crippen LogP contribution in [-0.2, 0) is 19.4 Å². The summed E-state index contributed by atoms with van der Waals surface area (Å²) in [6, 6.07) is 8.48. The van der Waals surface area contributed by atoms with Gasteiger partial charge in [-0.3, -0.25) is 9.59 Å². The predicted octanol–water partition coefficient (Wildman–Crippen LogP) is 0.796. The molecule has 7 heteroatoms. The average Bonchev–Trinajstić information content (AvgIpc) is 2.38. The van der Waals surface area contributed by atoms with Crippen LogP contribution < -0.4 is 5.32 Å². The number of amides is 1. The van der Waals surface area contributed by atoms with E-state index in [4.69, 9.17) is 0 Å². The van der Waals surface area contributed by atoms with Crippen molar-refractivity contribution in [3.63, 3.8) is 0 Å². The lowest BCUT2D eigenvalue weighted by atomic mass is 9.99. The summed E-state index contributed by atoms with van der Waals surface area (Å²) in [6.07, 6.45) is 0.442. The molecule has 0 aliphatic heterocycles. The van der Waals surface area contributed by atoms with Gasteiger partial charge < -0.3 is 10.4 Å². The first kappa shape index (κ1) is 17.2. The minimum Gasteiger partial charge on any atom is -0.481 e. The maximum Gasteiger partial charge on any atom is 0.312 e. The molecule has 0 bridgehead atoms. The normalized spacial score (nSPS) is 12.6. The van der Waals surface area contributed by atoms with E-state index in [-0.39, 0.29) is 12.3 Å². The van der Waals surface area contributed by atoms with Crippen molar-refractivity contribution in [2.24, 2.45) is 0 Å². The van der Waals surface area contributed by atoms with Gasteiger partial charge in [0.25, 0.3) is 0 Å². The van der Waals surface area contributed by atoms with Gasteiger partial charge in [-0.15, -0.1) is 0 Å². The Kier molecular flexibility index (Phi) is 6.36. The summed E-state index contributed by atoms with van der Waals surface area (Å²) < 4.78 is 23.0. The van der Waals surface area contributed by atoms with E-state index in [1.807, 2.05) is 0 Å². The van der Waals surface area contributed by atoms with Gasteiger partial charge in [-0.1, -0.05) is 37.3 Å². The van der Waals surface area contributed by atoms with Crippen LogP contribution in [0.3, 0.4) is 0 Å². The molecule has 0 saturated carbocycles. The van der Waals surface area contributed by atoms with Crippen LogP contribution in [0.15, 0.2) is 30.3 Å². The number of carboxylic acids is 1. The highest BCUT2D eigenvalue weighted by molar-refractivity contribution is 7.92. The maximum atomic E-state index is 11.6. The van der Waals surface area contributed by atoms with Crippen molar-refractivity contribution in [1.29, 1.82) is 0 Å².